The molecule has 2 heterocycles. The average molecular weight is 406 g/mol. The Kier molecular flexibility index (Phi) is 5.68. The van der Waals surface area contributed by atoms with Crippen LogP contribution in [0, 0.1) is 17.2 Å². The van der Waals surface area contributed by atoms with Gasteiger partial charge < -0.3 is 20.5 Å². The number of esters is 1. The first-order valence-corrected chi connectivity index (χ1v) is 10.1. The minimum atomic E-state index is -0.448. The van der Waals surface area contributed by atoms with E-state index in [9.17, 15) is 9.59 Å². The van der Waals surface area contributed by atoms with Gasteiger partial charge in [0.05, 0.1) is 12.7 Å². The summed E-state index contributed by atoms with van der Waals surface area (Å²) in [5, 5.41) is 14.3. The highest BCUT2D eigenvalue weighted by Gasteiger charge is 2.29. The highest BCUT2D eigenvalue weighted by Crippen LogP contribution is 2.40. The van der Waals surface area contributed by atoms with Crippen molar-refractivity contribution < 1.29 is 19.1 Å². The van der Waals surface area contributed by atoms with Gasteiger partial charge in [0, 0.05) is 10.3 Å². The third-order valence-corrected chi connectivity index (χ3v) is 6.37. The summed E-state index contributed by atoms with van der Waals surface area (Å²) in [4.78, 5) is 25.7. The largest absolute Gasteiger partial charge is 0.481 e. The lowest BCUT2D eigenvalue weighted by molar-refractivity contribution is -0.118. The molecule has 0 saturated heterocycles. The van der Waals surface area contributed by atoms with E-state index in [0.29, 0.717) is 21.5 Å². The minimum Gasteiger partial charge on any atom is -0.481 e. The number of carbonyl (C=O) groups excluding carboxylic acids is 2. The number of nitrogens with one attached hydrogen (secondary N) is 1. The lowest BCUT2D eigenvalue weighted by atomic mass is 9.88. The number of hydrogen-bond acceptors (Lipinski definition) is 8. The van der Waals surface area contributed by atoms with Gasteiger partial charge in [0.15, 0.2) is 12.4 Å². The van der Waals surface area contributed by atoms with Crippen molar-refractivity contribution in [2.45, 2.75) is 26.2 Å². The Balaban J connectivity index is 1.75. The molecular weight excluding hydrogens is 386 g/mol. The van der Waals surface area contributed by atoms with Gasteiger partial charge in [0.25, 0.3) is 5.91 Å². The standard InChI is InChI=1S/C18H19N3O4S2/c1-9-3-4-10-13(5-9)27-17(15(10)18(23)24-2)21-14(22)7-25-12-8-26-16(20)11(12)6-19/h8-9H,3-5,7,20H2,1-2H3,(H,21,22). The molecule has 0 fully saturated rings. The molecule has 0 aromatic carbocycles. The van der Waals surface area contributed by atoms with Gasteiger partial charge in [-0.2, -0.15) is 5.26 Å². The van der Waals surface area contributed by atoms with Crippen molar-refractivity contribution in [3.63, 3.8) is 0 Å². The fourth-order valence-corrected chi connectivity index (χ4v) is 5.13. The fraction of sp³-hybridized carbons (Fsp3) is 0.389. The predicted molar refractivity (Wildman–Crippen MR) is 104 cm³/mol. The van der Waals surface area contributed by atoms with E-state index < -0.39 is 11.9 Å². The van der Waals surface area contributed by atoms with Crippen LogP contribution in [-0.4, -0.2) is 25.6 Å². The monoisotopic (exact) mass is 405 g/mol. The van der Waals surface area contributed by atoms with Crippen molar-refractivity contribution in [1.82, 2.24) is 0 Å². The fourth-order valence-electron chi connectivity index (χ4n) is 3.04. The van der Waals surface area contributed by atoms with Crippen LogP contribution in [0.3, 0.4) is 0 Å². The Morgan fingerprint density at radius 2 is 2.26 bits per heavy atom. The van der Waals surface area contributed by atoms with Gasteiger partial charge in [-0.3, -0.25) is 4.79 Å². The lowest BCUT2D eigenvalue weighted by Gasteiger charge is -2.18. The lowest BCUT2D eigenvalue weighted by Crippen LogP contribution is -2.21. The molecule has 0 spiro atoms. The number of methoxy groups -OCH3 is 1. The van der Waals surface area contributed by atoms with Crippen molar-refractivity contribution in [1.29, 1.82) is 5.26 Å². The summed E-state index contributed by atoms with van der Waals surface area (Å²) in [5.41, 5.74) is 7.32. The molecule has 1 aliphatic carbocycles. The summed E-state index contributed by atoms with van der Waals surface area (Å²) in [6, 6.07) is 1.96. The SMILES string of the molecule is COC(=O)c1c(NC(=O)COc2csc(N)c2C#N)sc2c1CCC(C)C2. The van der Waals surface area contributed by atoms with Crippen LogP contribution in [0.1, 0.15) is 39.7 Å². The third kappa shape index (κ3) is 3.91. The molecule has 3 N–H and O–H groups in total. The Morgan fingerprint density at radius 3 is 2.96 bits per heavy atom. The second-order valence-corrected chi connectivity index (χ2v) is 8.35. The second-order valence-electron chi connectivity index (χ2n) is 6.34. The number of carbonyl (C=O) groups is 2. The van der Waals surface area contributed by atoms with Gasteiger partial charge >= 0.3 is 5.97 Å². The molecule has 1 amide bonds. The Bertz CT molecular complexity index is 926. The van der Waals surface area contributed by atoms with Gasteiger partial charge in [-0.1, -0.05) is 6.92 Å². The number of hydrogen-bond donors (Lipinski definition) is 2. The predicted octanol–water partition coefficient (Wildman–Crippen LogP) is 3.19. The zero-order valence-electron chi connectivity index (χ0n) is 15.0. The van der Waals surface area contributed by atoms with Crippen molar-refractivity contribution in [2.24, 2.45) is 5.92 Å². The molecule has 1 aliphatic rings. The smallest absolute Gasteiger partial charge is 0.341 e. The number of fused-ring (bicyclic) bond motifs is 1. The number of thiophene rings is 2. The highest BCUT2D eigenvalue weighted by molar-refractivity contribution is 7.17. The number of nitrogens with two attached hydrogens (primary N) is 1. The number of nitriles is 1. The first-order chi connectivity index (χ1) is 12.9. The van der Waals surface area contributed by atoms with Crippen LogP contribution < -0.4 is 15.8 Å². The average Bonchev–Trinajstić information content (AvgIpc) is 3.18. The van der Waals surface area contributed by atoms with E-state index in [0.717, 1.165) is 29.7 Å². The molecule has 7 nitrogen and oxygen atoms in total. The van der Waals surface area contributed by atoms with E-state index in [2.05, 4.69) is 12.2 Å². The molecule has 0 radical (unpaired) electrons. The van der Waals surface area contributed by atoms with Crippen LogP contribution in [-0.2, 0) is 22.4 Å². The molecule has 0 bridgehead atoms. The van der Waals surface area contributed by atoms with E-state index in [4.69, 9.17) is 20.5 Å². The highest BCUT2D eigenvalue weighted by atomic mass is 32.1. The molecule has 142 valence electrons. The summed E-state index contributed by atoms with van der Waals surface area (Å²) >= 11 is 2.59. The summed E-state index contributed by atoms with van der Waals surface area (Å²) in [5.74, 6) is -0.0410. The first-order valence-electron chi connectivity index (χ1n) is 8.37. The van der Waals surface area contributed by atoms with Crippen LogP contribution in [0.4, 0.5) is 10.0 Å². The Morgan fingerprint density at radius 1 is 1.48 bits per heavy atom. The van der Waals surface area contributed by atoms with E-state index in [-0.39, 0.29) is 17.9 Å². The molecule has 1 unspecified atom stereocenters. The zero-order valence-corrected chi connectivity index (χ0v) is 16.6. The number of amides is 1. The van der Waals surface area contributed by atoms with Crippen LogP contribution >= 0.6 is 22.7 Å². The number of ether oxygens (including phenoxy) is 2. The van der Waals surface area contributed by atoms with Gasteiger partial charge in [-0.15, -0.1) is 22.7 Å². The van der Waals surface area contributed by atoms with Crippen molar-refractivity contribution in [2.75, 3.05) is 24.8 Å². The topological polar surface area (TPSA) is 114 Å². The van der Waals surface area contributed by atoms with E-state index >= 15 is 0 Å². The molecule has 0 saturated carbocycles. The maximum absolute atomic E-state index is 12.3. The molecule has 9 heteroatoms. The number of nitrogen functional groups attached to an aromatic ring is 1. The Hall–Kier alpha value is -2.57. The summed E-state index contributed by atoms with van der Waals surface area (Å²) in [6.07, 6.45) is 2.68. The molecular formula is C18H19N3O4S2. The van der Waals surface area contributed by atoms with Crippen LogP contribution in [0.15, 0.2) is 5.38 Å². The molecule has 2 aromatic rings. The molecule has 2 aromatic heterocycles. The maximum Gasteiger partial charge on any atom is 0.341 e. The number of anilines is 2. The van der Waals surface area contributed by atoms with Crippen LogP contribution in [0.25, 0.3) is 0 Å². The van der Waals surface area contributed by atoms with Crippen LogP contribution in [0.5, 0.6) is 5.75 Å². The quantitative estimate of drug-likeness (QED) is 0.738. The normalized spacial score (nSPS) is 15.5. The zero-order chi connectivity index (χ0) is 19.6. The van der Waals surface area contributed by atoms with Crippen molar-refractivity contribution in [3.8, 4) is 11.8 Å². The maximum atomic E-state index is 12.3. The Labute approximate surface area is 164 Å². The summed E-state index contributed by atoms with van der Waals surface area (Å²) < 4.78 is 10.3. The molecule has 1 atom stereocenters. The van der Waals surface area contributed by atoms with Gasteiger partial charge in [0.2, 0.25) is 0 Å². The molecule has 0 aliphatic heterocycles. The van der Waals surface area contributed by atoms with Crippen molar-refractivity contribution in [3.05, 3.63) is 26.9 Å². The van der Waals surface area contributed by atoms with E-state index in [1.807, 2.05) is 6.07 Å². The van der Waals surface area contributed by atoms with Gasteiger partial charge in [0.1, 0.15) is 21.6 Å². The first kappa shape index (κ1) is 19.2. The van der Waals surface area contributed by atoms with Gasteiger partial charge in [-0.25, -0.2) is 4.79 Å². The van der Waals surface area contributed by atoms with E-state index in [1.54, 1.807) is 5.38 Å². The van der Waals surface area contributed by atoms with Crippen LogP contribution in [0.2, 0.25) is 0 Å². The number of rotatable bonds is 5. The van der Waals surface area contributed by atoms with Crippen molar-refractivity contribution >= 4 is 44.6 Å². The van der Waals surface area contributed by atoms with E-state index in [1.165, 1.54) is 29.8 Å². The second kappa shape index (κ2) is 7.98. The number of nitrogens with zero attached hydrogens (tertiary/aromatic N) is 1. The summed E-state index contributed by atoms with van der Waals surface area (Å²) in [7, 11) is 1.33. The third-order valence-electron chi connectivity index (χ3n) is 4.41. The van der Waals surface area contributed by atoms with Gasteiger partial charge in [-0.05, 0) is 30.7 Å². The summed E-state index contributed by atoms with van der Waals surface area (Å²) in [6.45, 7) is 1.89. The molecule has 27 heavy (non-hydrogen) atoms. The molecule has 3 rings (SSSR count). The minimum absolute atomic E-state index is 0.226.